The molecule has 0 spiro atoms. The summed E-state index contributed by atoms with van der Waals surface area (Å²) in [6.45, 7) is 1.98. The van der Waals surface area contributed by atoms with Crippen LogP contribution in [0.4, 0.5) is 11.6 Å². The monoisotopic (exact) mass is 393 g/mol. The first kappa shape index (κ1) is 17.9. The van der Waals surface area contributed by atoms with Gasteiger partial charge in [0.05, 0.1) is 16.8 Å². The van der Waals surface area contributed by atoms with Crippen LogP contribution in [0.5, 0.6) is 0 Å². The minimum absolute atomic E-state index is 0.255. The summed E-state index contributed by atoms with van der Waals surface area (Å²) in [6.07, 6.45) is 0. The van der Waals surface area contributed by atoms with E-state index < -0.39 is 0 Å². The normalized spacial score (nSPS) is 13.0. The fourth-order valence-corrected chi connectivity index (χ4v) is 3.39. The highest BCUT2D eigenvalue weighted by molar-refractivity contribution is 7.99. The number of amides is 3. The predicted molar refractivity (Wildman–Crippen MR) is 105 cm³/mol. The van der Waals surface area contributed by atoms with Crippen LogP contribution in [-0.2, 0) is 0 Å². The molecular weight excluding hydrogens is 378 g/mol. The van der Waals surface area contributed by atoms with Crippen molar-refractivity contribution in [3.05, 3.63) is 65.2 Å². The van der Waals surface area contributed by atoms with Gasteiger partial charge in [-0.3, -0.25) is 19.7 Å². The Morgan fingerprint density at radius 3 is 2.32 bits per heavy atom. The van der Waals surface area contributed by atoms with Gasteiger partial charge in [0.15, 0.2) is 0 Å². The molecule has 9 heteroatoms. The molecule has 0 saturated carbocycles. The Balaban J connectivity index is 1.50. The molecule has 2 aromatic carbocycles. The lowest BCUT2D eigenvalue weighted by atomic mass is 10.1. The van der Waals surface area contributed by atoms with Gasteiger partial charge in [-0.2, -0.15) is 4.98 Å². The number of nitrogens with zero attached hydrogens (tertiary/aromatic N) is 3. The third kappa shape index (κ3) is 3.16. The van der Waals surface area contributed by atoms with Gasteiger partial charge >= 0.3 is 0 Å². The first-order valence-electron chi connectivity index (χ1n) is 8.53. The van der Waals surface area contributed by atoms with E-state index in [-0.39, 0.29) is 23.7 Å². The van der Waals surface area contributed by atoms with Gasteiger partial charge in [-0.15, -0.1) is 5.10 Å². The number of carbonyl (C=O) groups excluding carboxylic acids is 3. The summed E-state index contributed by atoms with van der Waals surface area (Å²) < 4.78 is 0. The van der Waals surface area contributed by atoms with Gasteiger partial charge in [-0.05, 0) is 42.2 Å². The molecule has 3 amide bonds. The maximum Gasteiger partial charge on any atom is 0.266 e. The van der Waals surface area contributed by atoms with Gasteiger partial charge in [0, 0.05) is 5.56 Å². The molecule has 0 unspecified atom stereocenters. The molecule has 28 heavy (non-hydrogen) atoms. The molecular formula is C19H15N5O3S. The minimum Gasteiger partial charge on any atom is -0.291 e. The van der Waals surface area contributed by atoms with Crippen LogP contribution >= 0.6 is 11.8 Å². The van der Waals surface area contributed by atoms with Crippen LogP contribution in [-0.4, -0.2) is 38.7 Å². The number of aromatic amines is 1. The van der Waals surface area contributed by atoms with Crippen LogP contribution in [0.25, 0.3) is 0 Å². The Labute approximate surface area is 164 Å². The Kier molecular flexibility index (Phi) is 4.66. The van der Waals surface area contributed by atoms with E-state index >= 15 is 0 Å². The SMILES string of the molecule is CCSc1n[nH]c(NC(=O)c2ccc(N3C(=O)c4ccccc4C3=O)cc2)n1. The van der Waals surface area contributed by atoms with Gasteiger partial charge in [-0.25, -0.2) is 10.00 Å². The van der Waals surface area contributed by atoms with Crippen LogP contribution < -0.4 is 10.2 Å². The Morgan fingerprint density at radius 2 is 1.71 bits per heavy atom. The largest absolute Gasteiger partial charge is 0.291 e. The molecule has 0 atom stereocenters. The number of aromatic nitrogens is 3. The van der Waals surface area contributed by atoms with Crippen molar-refractivity contribution in [1.29, 1.82) is 0 Å². The number of thioether (sulfide) groups is 1. The van der Waals surface area contributed by atoms with E-state index in [1.165, 1.54) is 11.8 Å². The van der Waals surface area contributed by atoms with E-state index in [1.807, 2.05) is 6.92 Å². The topological polar surface area (TPSA) is 108 Å². The van der Waals surface area contributed by atoms with Gasteiger partial charge in [0.25, 0.3) is 17.7 Å². The number of imide groups is 1. The van der Waals surface area contributed by atoms with Crippen molar-refractivity contribution < 1.29 is 14.4 Å². The number of hydrogen-bond donors (Lipinski definition) is 2. The number of hydrogen-bond acceptors (Lipinski definition) is 6. The average Bonchev–Trinajstić information content (AvgIpc) is 3.25. The second-order valence-electron chi connectivity index (χ2n) is 5.89. The van der Waals surface area contributed by atoms with Crippen LogP contribution in [0.2, 0.25) is 0 Å². The molecule has 1 aliphatic heterocycles. The molecule has 3 aromatic rings. The zero-order chi connectivity index (χ0) is 19.7. The maximum atomic E-state index is 12.5. The van der Waals surface area contributed by atoms with Crippen LogP contribution in [0.1, 0.15) is 38.0 Å². The highest BCUT2D eigenvalue weighted by Gasteiger charge is 2.36. The molecule has 8 nitrogen and oxygen atoms in total. The third-order valence-corrected chi connectivity index (χ3v) is 4.88. The lowest BCUT2D eigenvalue weighted by Gasteiger charge is -2.14. The number of benzene rings is 2. The van der Waals surface area contributed by atoms with Crippen LogP contribution in [0, 0.1) is 0 Å². The molecule has 2 heterocycles. The number of fused-ring (bicyclic) bond motifs is 1. The molecule has 1 aromatic heterocycles. The van der Waals surface area contributed by atoms with E-state index in [1.54, 1.807) is 48.5 Å². The van der Waals surface area contributed by atoms with Crippen molar-refractivity contribution >= 4 is 41.1 Å². The Bertz CT molecular complexity index is 1040. The molecule has 140 valence electrons. The summed E-state index contributed by atoms with van der Waals surface area (Å²) >= 11 is 1.46. The molecule has 4 rings (SSSR count). The molecule has 2 N–H and O–H groups in total. The summed E-state index contributed by atoms with van der Waals surface area (Å²) in [5.74, 6) is -0.0471. The highest BCUT2D eigenvalue weighted by Crippen LogP contribution is 2.28. The van der Waals surface area contributed by atoms with E-state index in [0.29, 0.717) is 27.5 Å². The van der Waals surface area contributed by atoms with Gasteiger partial charge in [-0.1, -0.05) is 30.8 Å². The number of rotatable bonds is 5. The fourth-order valence-electron chi connectivity index (χ4n) is 2.86. The van der Waals surface area contributed by atoms with Gasteiger partial charge in [0.1, 0.15) is 0 Å². The third-order valence-electron chi connectivity index (χ3n) is 4.15. The molecule has 0 bridgehead atoms. The highest BCUT2D eigenvalue weighted by atomic mass is 32.2. The average molecular weight is 393 g/mol. The summed E-state index contributed by atoms with van der Waals surface area (Å²) in [5.41, 5.74) is 1.52. The van der Waals surface area contributed by atoms with E-state index in [9.17, 15) is 14.4 Å². The minimum atomic E-state index is -0.377. The quantitative estimate of drug-likeness (QED) is 0.510. The first-order chi connectivity index (χ1) is 13.6. The number of nitrogens with one attached hydrogen (secondary N) is 2. The van der Waals surface area contributed by atoms with E-state index in [0.717, 1.165) is 10.7 Å². The number of H-pyrrole nitrogens is 1. The van der Waals surface area contributed by atoms with Crippen molar-refractivity contribution in [3.63, 3.8) is 0 Å². The van der Waals surface area contributed by atoms with Crippen molar-refractivity contribution in [2.75, 3.05) is 16.0 Å². The summed E-state index contributed by atoms with van der Waals surface area (Å²) in [6, 6.07) is 12.9. The lowest BCUT2D eigenvalue weighted by Crippen LogP contribution is -2.29. The van der Waals surface area contributed by atoms with Crippen LogP contribution in [0.15, 0.2) is 53.7 Å². The first-order valence-corrected chi connectivity index (χ1v) is 9.51. The second-order valence-corrected chi connectivity index (χ2v) is 7.12. The molecule has 0 fully saturated rings. The van der Waals surface area contributed by atoms with E-state index in [4.69, 9.17) is 0 Å². The smallest absolute Gasteiger partial charge is 0.266 e. The zero-order valence-corrected chi connectivity index (χ0v) is 15.6. The summed E-state index contributed by atoms with van der Waals surface area (Å²) in [7, 11) is 0. The van der Waals surface area contributed by atoms with Crippen molar-refractivity contribution in [2.24, 2.45) is 0 Å². The zero-order valence-electron chi connectivity index (χ0n) is 14.8. The summed E-state index contributed by atoms with van der Waals surface area (Å²) in [5, 5.41) is 9.83. The van der Waals surface area contributed by atoms with Gasteiger partial charge < -0.3 is 0 Å². The lowest BCUT2D eigenvalue weighted by molar-refractivity contribution is 0.0925. The molecule has 1 aliphatic rings. The van der Waals surface area contributed by atoms with Crippen molar-refractivity contribution in [2.45, 2.75) is 12.1 Å². The summed E-state index contributed by atoms with van der Waals surface area (Å²) in [4.78, 5) is 42.7. The predicted octanol–water partition coefficient (Wildman–Crippen LogP) is 2.97. The van der Waals surface area contributed by atoms with E-state index in [2.05, 4.69) is 20.5 Å². The Hall–Kier alpha value is -3.46. The standard InChI is InChI=1S/C19H15N5O3S/c1-2-28-19-21-18(22-23-19)20-15(25)11-7-9-12(10-8-11)24-16(26)13-5-3-4-6-14(13)17(24)27/h3-10H,2H2,1H3,(H2,20,21,22,23,25). The Morgan fingerprint density at radius 1 is 1.07 bits per heavy atom. The number of carbonyl (C=O) groups is 3. The van der Waals surface area contributed by atoms with Crippen molar-refractivity contribution in [3.8, 4) is 0 Å². The second kappa shape index (κ2) is 7.28. The fraction of sp³-hybridized carbons (Fsp3) is 0.105. The number of anilines is 2. The van der Waals surface area contributed by atoms with Crippen molar-refractivity contribution in [1.82, 2.24) is 15.2 Å². The van der Waals surface area contributed by atoms with Crippen LogP contribution in [0.3, 0.4) is 0 Å². The maximum absolute atomic E-state index is 12.5. The molecule has 0 saturated heterocycles. The molecule has 0 aliphatic carbocycles. The van der Waals surface area contributed by atoms with Gasteiger partial charge in [0.2, 0.25) is 11.1 Å². The molecule has 0 radical (unpaired) electrons.